The predicted molar refractivity (Wildman–Crippen MR) is 79.6 cm³/mol. The minimum absolute atomic E-state index is 0.109. The van der Waals surface area contributed by atoms with Crippen molar-refractivity contribution in [2.45, 2.75) is 26.7 Å². The molecule has 0 fully saturated rings. The highest BCUT2D eigenvalue weighted by Gasteiger charge is 2.09. The van der Waals surface area contributed by atoms with Crippen LogP contribution in [0.3, 0.4) is 0 Å². The summed E-state index contributed by atoms with van der Waals surface area (Å²) in [5, 5.41) is 2.76. The Bertz CT molecular complexity index is 412. The van der Waals surface area contributed by atoms with Gasteiger partial charge < -0.3 is 10.2 Å². The van der Waals surface area contributed by atoms with Crippen molar-refractivity contribution >= 4 is 11.6 Å². The van der Waals surface area contributed by atoms with E-state index >= 15 is 0 Å². The number of anilines is 1. The van der Waals surface area contributed by atoms with Gasteiger partial charge in [0.25, 0.3) is 5.91 Å². The van der Waals surface area contributed by atoms with Crippen LogP contribution in [0, 0.1) is 0 Å². The van der Waals surface area contributed by atoms with Gasteiger partial charge in [-0.15, -0.1) is 6.58 Å². The number of hydrogen-bond acceptors (Lipinski definition) is 3. The van der Waals surface area contributed by atoms with Gasteiger partial charge in [0.1, 0.15) is 0 Å². The predicted octanol–water partition coefficient (Wildman–Crippen LogP) is 2.62. The van der Waals surface area contributed by atoms with Crippen LogP contribution in [0.1, 0.15) is 37.0 Å². The van der Waals surface area contributed by atoms with E-state index in [0.717, 1.165) is 31.6 Å². The van der Waals surface area contributed by atoms with E-state index in [9.17, 15) is 4.79 Å². The summed E-state index contributed by atoms with van der Waals surface area (Å²) in [6.07, 6.45) is 7.23. The Labute approximate surface area is 115 Å². The Hall–Kier alpha value is -1.84. The molecule has 4 nitrogen and oxygen atoms in total. The zero-order valence-electron chi connectivity index (χ0n) is 11.9. The van der Waals surface area contributed by atoms with Crippen molar-refractivity contribution in [3.8, 4) is 0 Å². The highest BCUT2D eigenvalue weighted by molar-refractivity contribution is 5.94. The molecule has 0 aliphatic rings. The normalized spacial score (nSPS) is 10.0. The summed E-state index contributed by atoms with van der Waals surface area (Å²) in [6.45, 7) is 10.3. The van der Waals surface area contributed by atoms with E-state index in [-0.39, 0.29) is 5.91 Å². The van der Waals surface area contributed by atoms with Gasteiger partial charge >= 0.3 is 0 Å². The highest BCUT2D eigenvalue weighted by Crippen LogP contribution is 2.15. The Kier molecular flexibility index (Phi) is 6.64. The summed E-state index contributed by atoms with van der Waals surface area (Å²) < 4.78 is 0. The zero-order chi connectivity index (χ0) is 14.1. The number of hydrogen-bond donors (Lipinski definition) is 1. The molecule has 0 saturated heterocycles. The third-order valence-electron chi connectivity index (χ3n) is 2.75. The molecule has 4 heteroatoms. The summed E-state index contributed by atoms with van der Waals surface area (Å²) in [4.78, 5) is 18.3. The monoisotopic (exact) mass is 261 g/mol. The van der Waals surface area contributed by atoms with E-state index in [1.165, 1.54) is 0 Å². The number of carbonyl (C=O) groups excluding carboxylic acids is 1. The molecular weight excluding hydrogens is 238 g/mol. The van der Waals surface area contributed by atoms with E-state index in [2.05, 4.69) is 35.6 Å². The summed E-state index contributed by atoms with van der Waals surface area (Å²) in [7, 11) is 0. The van der Waals surface area contributed by atoms with Crippen molar-refractivity contribution in [1.82, 2.24) is 10.3 Å². The van der Waals surface area contributed by atoms with Gasteiger partial charge in [-0.1, -0.05) is 19.9 Å². The highest BCUT2D eigenvalue weighted by atomic mass is 16.1. The first-order valence-electron chi connectivity index (χ1n) is 6.82. The second-order valence-electron chi connectivity index (χ2n) is 4.42. The lowest BCUT2D eigenvalue weighted by Crippen LogP contribution is -2.27. The topological polar surface area (TPSA) is 45.2 Å². The van der Waals surface area contributed by atoms with Gasteiger partial charge in [0.15, 0.2) is 0 Å². The smallest absolute Gasteiger partial charge is 0.253 e. The molecule has 0 aromatic carbocycles. The average molecular weight is 261 g/mol. The van der Waals surface area contributed by atoms with Gasteiger partial charge in [0.2, 0.25) is 0 Å². The van der Waals surface area contributed by atoms with Crippen molar-refractivity contribution in [3.05, 3.63) is 36.7 Å². The van der Waals surface area contributed by atoms with Crippen LogP contribution in [-0.4, -0.2) is 30.5 Å². The standard InChI is InChI=1S/C15H23N3O/c1-4-7-17-15(19)13-10-14(12-16-11-13)18(8-5-2)9-6-3/h4,10-12H,1,5-9H2,2-3H3,(H,17,19). The lowest BCUT2D eigenvalue weighted by atomic mass is 10.2. The van der Waals surface area contributed by atoms with Crippen LogP contribution in [0.4, 0.5) is 5.69 Å². The molecular formula is C15H23N3O. The van der Waals surface area contributed by atoms with E-state index in [0.29, 0.717) is 12.1 Å². The Morgan fingerprint density at radius 1 is 1.37 bits per heavy atom. The summed E-state index contributed by atoms with van der Waals surface area (Å²) in [5.41, 5.74) is 1.60. The number of nitrogens with zero attached hydrogens (tertiary/aromatic N) is 2. The van der Waals surface area contributed by atoms with E-state index in [1.54, 1.807) is 12.3 Å². The molecule has 1 aromatic heterocycles. The maximum absolute atomic E-state index is 11.9. The molecule has 1 rings (SSSR count). The molecule has 0 saturated carbocycles. The second-order valence-corrected chi connectivity index (χ2v) is 4.42. The van der Waals surface area contributed by atoms with Gasteiger partial charge in [-0.25, -0.2) is 0 Å². The Balaban J connectivity index is 2.84. The molecule has 0 spiro atoms. The third kappa shape index (κ3) is 4.73. The molecule has 19 heavy (non-hydrogen) atoms. The fraction of sp³-hybridized carbons (Fsp3) is 0.467. The first kappa shape index (κ1) is 15.2. The molecule has 0 atom stereocenters. The molecule has 1 aromatic rings. The molecule has 0 radical (unpaired) electrons. The SMILES string of the molecule is C=CCNC(=O)c1cncc(N(CCC)CCC)c1. The first-order valence-corrected chi connectivity index (χ1v) is 6.82. The minimum atomic E-state index is -0.109. The van der Waals surface area contributed by atoms with E-state index < -0.39 is 0 Å². The van der Waals surface area contributed by atoms with Crippen molar-refractivity contribution in [1.29, 1.82) is 0 Å². The first-order chi connectivity index (χ1) is 9.22. The summed E-state index contributed by atoms with van der Waals surface area (Å²) >= 11 is 0. The lowest BCUT2D eigenvalue weighted by molar-refractivity contribution is 0.0957. The van der Waals surface area contributed by atoms with Crippen LogP contribution in [0.5, 0.6) is 0 Å². The quantitative estimate of drug-likeness (QED) is 0.732. The van der Waals surface area contributed by atoms with Gasteiger partial charge in [0.05, 0.1) is 17.4 Å². The van der Waals surface area contributed by atoms with Crippen LogP contribution >= 0.6 is 0 Å². The molecule has 0 aliphatic heterocycles. The van der Waals surface area contributed by atoms with E-state index in [4.69, 9.17) is 0 Å². The second kappa shape index (κ2) is 8.29. The van der Waals surface area contributed by atoms with Crippen LogP contribution < -0.4 is 10.2 Å². The zero-order valence-corrected chi connectivity index (χ0v) is 11.9. The molecule has 0 unspecified atom stereocenters. The van der Waals surface area contributed by atoms with Crippen LogP contribution in [-0.2, 0) is 0 Å². The number of aromatic nitrogens is 1. The number of amides is 1. The molecule has 104 valence electrons. The maximum Gasteiger partial charge on any atom is 0.253 e. The number of rotatable bonds is 8. The number of pyridine rings is 1. The largest absolute Gasteiger partial charge is 0.370 e. The van der Waals surface area contributed by atoms with Crippen molar-refractivity contribution < 1.29 is 4.79 Å². The molecule has 1 amide bonds. The van der Waals surface area contributed by atoms with Gasteiger partial charge in [-0.2, -0.15) is 0 Å². The van der Waals surface area contributed by atoms with Crippen LogP contribution in [0.25, 0.3) is 0 Å². The minimum Gasteiger partial charge on any atom is -0.370 e. The molecule has 0 bridgehead atoms. The van der Waals surface area contributed by atoms with Crippen LogP contribution in [0.15, 0.2) is 31.1 Å². The van der Waals surface area contributed by atoms with Crippen molar-refractivity contribution in [2.75, 3.05) is 24.5 Å². The average Bonchev–Trinajstić information content (AvgIpc) is 2.44. The molecule has 1 N–H and O–H groups in total. The van der Waals surface area contributed by atoms with E-state index in [1.807, 2.05) is 12.3 Å². The van der Waals surface area contributed by atoms with Crippen LogP contribution in [0.2, 0.25) is 0 Å². The number of carbonyl (C=O) groups is 1. The van der Waals surface area contributed by atoms with Gasteiger partial charge in [0, 0.05) is 25.8 Å². The van der Waals surface area contributed by atoms with Gasteiger partial charge in [-0.05, 0) is 18.9 Å². The van der Waals surface area contributed by atoms with Gasteiger partial charge in [-0.3, -0.25) is 9.78 Å². The Morgan fingerprint density at radius 3 is 2.63 bits per heavy atom. The van der Waals surface area contributed by atoms with Crippen molar-refractivity contribution in [2.24, 2.45) is 0 Å². The number of nitrogens with one attached hydrogen (secondary N) is 1. The lowest BCUT2D eigenvalue weighted by Gasteiger charge is -2.23. The fourth-order valence-corrected chi connectivity index (χ4v) is 1.90. The Morgan fingerprint density at radius 2 is 2.05 bits per heavy atom. The third-order valence-corrected chi connectivity index (χ3v) is 2.75. The molecule has 0 aliphatic carbocycles. The fourth-order valence-electron chi connectivity index (χ4n) is 1.90. The summed E-state index contributed by atoms with van der Waals surface area (Å²) in [6, 6.07) is 1.90. The molecule has 1 heterocycles. The summed E-state index contributed by atoms with van der Waals surface area (Å²) in [5.74, 6) is -0.109. The van der Waals surface area contributed by atoms with Crippen molar-refractivity contribution in [3.63, 3.8) is 0 Å². The maximum atomic E-state index is 11.9.